The number of benzene rings is 8. The van der Waals surface area contributed by atoms with Crippen LogP contribution in [0.25, 0.3) is 22.5 Å². The Labute approximate surface area is 321 Å². The lowest BCUT2D eigenvalue weighted by molar-refractivity contribution is 1.61. The molecule has 0 aliphatic heterocycles. The molecule has 0 atom stereocenters. The van der Waals surface area contributed by atoms with Crippen LogP contribution in [0.15, 0.2) is 243 Å². The summed E-state index contributed by atoms with van der Waals surface area (Å²) in [6.07, 6.45) is 5.06. The molecule has 0 aliphatic rings. The normalized spacial score (nSPS) is 12.3. The van der Waals surface area contributed by atoms with Crippen LogP contribution in [0, 0.1) is 0 Å². The molecule has 0 fully saturated rings. The van der Waals surface area contributed by atoms with Crippen molar-refractivity contribution in [3.8, 4) is 0 Å². The minimum Gasteiger partial charge on any atom is -0.0624 e. The number of rotatable bonds is 11. The Kier molecular flexibility index (Phi) is 10.4. The summed E-state index contributed by atoms with van der Waals surface area (Å²) >= 11 is 0. The van der Waals surface area contributed by atoms with E-state index < -0.39 is 15.2 Å². The molecule has 8 aromatic carbocycles. The van der Waals surface area contributed by atoms with Crippen LogP contribution in [-0.2, 0) is 0 Å². The molecule has 258 valence electrons. The number of hydrogen-bond acceptors (Lipinski definition) is 0. The average molecular weight is 723 g/mol. The Morgan fingerprint density at radius 1 is 0.241 bits per heavy atom. The van der Waals surface area contributed by atoms with E-state index in [0.29, 0.717) is 0 Å². The van der Waals surface area contributed by atoms with Gasteiger partial charge >= 0.3 is 0 Å². The van der Waals surface area contributed by atoms with Crippen molar-refractivity contribution < 1.29 is 0 Å². The second kappa shape index (κ2) is 16.1. The van der Waals surface area contributed by atoms with E-state index in [1.807, 2.05) is 0 Å². The Hall–Kier alpha value is -6.33. The Morgan fingerprint density at radius 3 is 0.685 bits per heavy atom. The quantitative estimate of drug-likeness (QED) is 0.0921. The van der Waals surface area contributed by atoms with Gasteiger partial charge in [-0.15, -0.1) is 0 Å². The van der Waals surface area contributed by atoms with E-state index in [9.17, 15) is 0 Å². The Morgan fingerprint density at radius 2 is 0.444 bits per heavy atom. The molecule has 0 N–H and O–H groups in total. The largest absolute Gasteiger partial charge is 0.155 e. The smallest absolute Gasteiger partial charge is 0.0624 e. The van der Waals surface area contributed by atoms with Gasteiger partial charge in [0.15, 0.2) is 15.2 Å². The molecular weight excluding hydrogens is 681 g/mol. The molecule has 0 aromatic heterocycles. The zero-order chi connectivity index (χ0) is 36.5. The summed E-state index contributed by atoms with van der Waals surface area (Å²) in [5.41, 5.74) is 4.88. The predicted octanol–water partition coefficient (Wildman–Crippen LogP) is 10.2. The van der Waals surface area contributed by atoms with Crippen molar-refractivity contribution in [2.24, 2.45) is 0 Å². The van der Waals surface area contributed by atoms with Crippen LogP contribution in [0.2, 0.25) is 0 Å². The fourth-order valence-electron chi connectivity index (χ4n) is 8.46. The molecule has 0 aliphatic carbocycles. The molecule has 0 nitrogen and oxygen atoms in total. The highest BCUT2D eigenvalue weighted by Crippen LogP contribution is 2.42. The average Bonchev–Trinajstić information content (AvgIpc) is 3.27. The second-order valence-electron chi connectivity index (χ2n) is 13.6. The summed E-state index contributed by atoms with van der Waals surface area (Å²) in [5, 5.41) is 8.32. The molecule has 0 saturated heterocycles. The first kappa shape index (κ1) is 34.7. The van der Waals surface area contributed by atoms with Crippen LogP contribution in [0.4, 0.5) is 0 Å². The van der Waals surface area contributed by atoms with E-state index in [1.165, 1.54) is 53.4 Å². The summed E-state index contributed by atoms with van der Waals surface area (Å²) in [6, 6.07) is 90.5. The highest BCUT2D eigenvalue weighted by molar-refractivity contribution is 7.70. The fraction of sp³-hybridized carbons (Fsp3) is 0. The molecule has 0 radical (unpaired) electrons. The fourth-order valence-corrected chi connectivity index (χ4v) is 28.6. The van der Waals surface area contributed by atoms with Gasteiger partial charge < -0.3 is 0 Å². The molecule has 8 rings (SSSR count). The van der Waals surface area contributed by atoms with Crippen molar-refractivity contribution in [3.05, 3.63) is 265 Å². The zero-order valence-corrected chi connectivity index (χ0v) is 32.2. The molecular formula is C52H42Si2. The first-order valence-electron chi connectivity index (χ1n) is 18.7. The van der Waals surface area contributed by atoms with Crippen LogP contribution in [0.3, 0.4) is 0 Å². The Balaban J connectivity index is 1.72. The van der Waals surface area contributed by atoms with Gasteiger partial charge in [0.1, 0.15) is 0 Å². The second-order valence-corrected chi connectivity index (χ2v) is 24.5. The highest BCUT2D eigenvalue weighted by atomic mass is 29.3. The minimum absolute atomic E-state index is 1.19. The summed E-state index contributed by atoms with van der Waals surface area (Å²) in [6.45, 7) is 0. The number of hydrogen-bond donors (Lipinski definition) is 0. The molecule has 0 amide bonds. The lowest BCUT2D eigenvalue weighted by atomic mass is 10.1. The van der Waals surface area contributed by atoms with Crippen molar-refractivity contribution in [1.82, 2.24) is 0 Å². The summed E-state index contributed by atoms with van der Waals surface area (Å²) in [7, 11) is -6.66. The maximum Gasteiger partial charge on any atom is 0.155 e. The highest BCUT2D eigenvalue weighted by Gasteiger charge is 2.63. The zero-order valence-electron chi connectivity index (χ0n) is 30.2. The van der Waals surface area contributed by atoms with Gasteiger partial charge in [-0.3, -0.25) is 0 Å². The van der Waals surface area contributed by atoms with Gasteiger partial charge in [-0.1, -0.05) is 276 Å². The topological polar surface area (TPSA) is 0 Å². The van der Waals surface area contributed by atoms with Gasteiger partial charge in [-0.25, -0.2) is 0 Å². The summed E-state index contributed by atoms with van der Waals surface area (Å²) in [5.74, 6) is 0. The van der Waals surface area contributed by atoms with Crippen LogP contribution >= 0.6 is 0 Å². The third kappa shape index (κ3) is 6.47. The summed E-state index contributed by atoms with van der Waals surface area (Å²) in [4.78, 5) is 0. The van der Waals surface area contributed by atoms with E-state index in [0.717, 1.165) is 0 Å². The molecule has 0 saturated carbocycles. The van der Waals surface area contributed by atoms with Crippen molar-refractivity contribution >= 4 is 58.5 Å². The van der Waals surface area contributed by atoms with Gasteiger partial charge in [-0.2, -0.15) is 0 Å². The molecule has 0 spiro atoms. The van der Waals surface area contributed by atoms with Gasteiger partial charge in [0.2, 0.25) is 0 Å². The SMILES string of the molecule is C(=C(c1ccccc1)[Si](c1ccccc1)(c1ccccc1)[Si](C(=Cc1ccccc1)c1ccccc1)(c1ccccc1)c1ccccc1)c1ccccc1. The first-order valence-corrected chi connectivity index (χ1v) is 23.7. The maximum absolute atomic E-state index is 3.33. The molecule has 0 bridgehead atoms. The van der Waals surface area contributed by atoms with Gasteiger partial charge in [0.25, 0.3) is 0 Å². The van der Waals surface area contributed by atoms with E-state index >= 15 is 0 Å². The monoisotopic (exact) mass is 722 g/mol. The maximum atomic E-state index is 2.53. The predicted molar refractivity (Wildman–Crippen MR) is 237 cm³/mol. The van der Waals surface area contributed by atoms with Crippen LogP contribution in [0.5, 0.6) is 0 Å². The van der Waals surface area contributed by atoms with Crippen molar-refractivity contribution in [2.75, 3.05) is 0 Å². The lowest BCUT2D eigenvalue weighted by Gasteiger charge is -2.52. The standard InChI is InChI=1S/C52H42Si2/c1-9-25-43(26-10-1)41-51(45-29-13-3-14-30-45)53(47-33-17-5-18-34-47,48-35-19-6-20-36-48)54(49-37-21-7-22-38-49,50-39-23-8-24-40-50)52(46-31-15-4-16-32-46)42-44-27-11-2-12-28-44/h1-42H. The molecule has 2 heteroatoms. The molecule has 0 unspecified atom stereocenters. The van der Waals surface area contributed by atoms with Crippen molar-refractivity contribution in [3.63, 3.8) is 0 Å². The van der Waals surface area contributed by atoms with Crippen molar-refractivity contribution in [2.45, 2.75) is 0 Å². The van der Waals surface area contributed by atoms with Gasteiger partial charge in [-0.05, 0) is 32.6 Å². The van der Waals surface area contributed by atoms with E-state index in [4.69, 9.17) is 0 Å². The minimum atomic E-state index is -3.33. The third-order valence-electron chi connectivity index (χ3n) is 10.6. The van der Waals surface area contributed by atoms with Crippen molar-refractivity contribution in [1.29, 1.82) is 0 Å². The van der Waals surface area contributed by atoms with Gasteiger partial charge in [0.05, 0.1) is 0 Å². The third-order valence-corrected chi connectivity index (χ3v) is 27.4. The summed E-state index contributed by atoms with van der Waals surface area (Å²) < 4.78 is 0. The molecule has 0 heterocycles. The van der Waals surface area contributed by atoms with Crippen LogP contribution in [0.1, 0.15) is 22.3 Å². The lowest BCUT2D eigenvalue weighted by Crippen LogP contribution is -2.86. The molecule has 54 heavy (non-hydrogen) atoms. The van der Waals surface area contributed by atoms with Crippen LogP contribution < -0.4 is 20.7 Å². The first-order chi connectivity index (χ1) is 26.8. The van der Waals surface area contributed by atoms with E-state index in [2.05, 4.69) is 255 Å². The van der Waals surface area contributed by atoms with Crippen LogP contribution in [-0.4, -0.2) is 15.2 Å². The molecule has 8 aromatic rings. The van der Waals surface area contributed by atoms with Gasteiger partial charge in [0, 0.05) is 0 Å². The Bertz CT molecular complexity index is 2170. The van der Waals surface area contributed by atoms with E-state index in [-0.39, 0.29) is 0 Å². The van der Waals surface area contributed by atoms with E-state index in [1.54, 1.807) is 0 Å².